The van der Waals surface area contributed by atoms with Crippen molar-refractivity contribution in [2.45, 2.75) is 72.6 Å². The molecule has 0 saturated carbocycles. The van der Waals surface area contributed by atoms with Gasteiger partial charge in [0.05, 0.1) is 0 Å². The molecule has 1 N–H and O–H groups in total. The molecule has 0 saturated heterocycles. The number of hydrogen-bond donors (Lipinski definition) is 1. The van der Waals surface area contributed by atoms with Crippen molar-refractivity contribution in [3.63, 3.8) is 0 Å². The Kier molecular flexibility index (Phi) is 8.74. The first-order chi connectivity index (χ1) is 14.0. The van der Waals surface area contributed by atoms with Gasteiger partial charge in [0, 0.05) is 17.2 Å². The van der Waals surface area contributed by atoms with Crippen LogP contribution in [0.4, 0.5) is 13.2 Å². The lowest BCUT2D eigenvalue weighted by atomic mass is 9.78. The summed E-state index contributed by atoms with van der Waals surface area (Å²) >= 11 is 0. The number of carboxylic acids is 1. The predicted octanol–water partition coefficient (Wildman–Crippen LogP) is 7.21. The molecule has 1 rings (SSSR count). The maximum absolute atomic E-state index is 15.0. The van der Waals surface area contributed by atoms with Gasteiger partial charge in [0.2, 0.25) is 0 Å². The molecule has 0 amide bonds. The standard InChI is InChI=1S/C25H33F3O3/c1-15(11-22(29)30)9-10-20(26)16(2)18-12-17(24(3,4)5)13-19(25(6,7)8)23(18)31-14-21(27)28/h9-13,21H,14H2,1-8H3,(H,29,30)/b10-9+,15-11+,20-16-. The number of halogens is 3. The fourth-order valence-corrected chi connectivity index (χ4v) is 2.90. The summed E-state index contributed by atoms with van der Waals surface area (Å²) in [4.78, 5) is 10.8. The minimum atomic E-state index is -2.67. The summed E-state index contributed by atoms with van der Waals surface area (Å²) < 4.78 is 46.4. The van der Waals surface area contributed by atoms with Crippen LogP contribution < -0.4 is 4.74 Å². The van der Waals surface area contributed by atoms with Crippen LogP contribution in [-0.4, -0.2) is 24.1 Å². The van der Waals surface area contributed by atoms with Crippen molar-refractivity contribution in [3.05, 3.63) is 58.5 Å². The summed E-state index contributed by atoms with van der Waals surface area (Å²) in [6.07, 6.45) is 0.821. The van der Waals surface area contributed by atoms with E-state index in [-0.39, 0.29) is 16.7 Å². The highest BCUT2D eigenvalue weighted by molar-refractivity contribution is 5.81. The summed E-state index contributed by atoms with van der Waals surface area (Å²) in [5, 5.41) is 8.80. The molecule has 6 heteroatoms. The summed E-state index contributed by atoms with van der Waals surface area (Å²) in [6.45, 7) is 14.2. The molecule has 0 atom stereocenters. The van der Waals surface area contributed by atoms with E-state index in [0.717, 1.165) is 11.6 Å². The molecule has 3 nitrogen and oxygen atoms in total. The van der Waals surface area contributed by atoms with Crippen LogP contribution in [0.3, 0.4) is 0 Å². The van der Waals surface area contributed by atoms with Gasteiger partial charge in [-0.05, 0) is 53.5 Å². The summed E-state index contributed by atoms with van der Waals surface area (Å²) in [6, 6.07) is 3.71. The zero-order valence-corrected chi connectivity index (χ0v) is 19.6. The summed E-state index contributed by atoms with van der Waals surface area (Å²) in [5.41, 5.74) is 1.94. The van der Waals surface area contributed by atoms with Crippen LogP contribution >= 0.6 is 0 Å². The zero-order valence-electron chi connectivity index (χ0n) is 19.6. The maximum atomic E-state index is 15.0. The smallest absolute Gasteiger partial charge is 0.328 e. The lowest BCUT2D eigenvalue weighted by Crippen LogP contribution is -2.20. The Balaban J connectivity index is 3.77. The maximum Gasteiger partial charge on any atom is 0.328 e. The SMILES string of the molecule is C\C(=C(F)/C=C/C(C)=C/C(=O)O)c1cc(C(C)(C)C)cc(C(C)(C)C)c1OCC(F)F. The highest BCUT2D eigenvalue weighted by Gasteiger charge is 2.27. The normalized spacial score (nSPS) is 14.3. The number of rotatable bonds is 7. The summed E-state index contributed by atoms with van der Waals surface area (Å²) in [5.74, 6) is -1.50. The van der Waals surface area contributed by atoms with Gasteiger partial charge in [0.15, 0.2) is 0 Å². The van der Waals surface area contributed by atoms with E-state index in [1.54, 1.807) is 19.9 Å². The molecule has 0 heterocycles. The molecule has 0 aromatic heterocycles. The molecule has 0 aliphatic carbocycles. The number of ether oxygens (including phenoxy) is 1. The lowest BCUT2D eigenvalue weighted by Gasteiger charge is -2.29. The Labute approximate surface area is 183 Å². The van der Waals surface area contributed by atoms with Gasteiger partial charge >= 0.3 is 5.97 Å². The van der Waals surface area contributed by atoms with Crippen LogP contribution in [0.1, 0.15) is 72.1 Å². The van der Waals surface area contributed by atoms with Crippen molar-refractivity contribution in [1.29, 1.82) is 0 Å². The largest absolute Gasteiger partial charge is 0.487 e. The second-order valence-corrected chi connectivity index (χ2v) is 9.64. The van der Waals surface area contributed by atoms with Crippen molar-refractivity contribution < 1.29 is 27.8 Å². The number of allylic oxidation sites excluding steroid dienone is 5. The fraction of sp³-hybridized carbons (Fsp3) is 0.480. The van der Waals surface area contributed by atoms with Crippen LogP contribution in [0.25, 0.3) is 5.57 Å². The van der Waals surface area contributed by atoms with Gasteiger partial charge in [-0.15, -0.1) is 0 Å². The van der Waals surface area contributed by atoms with Crippen molar-refractivity contribution in [2.75, 3.05) is 6.61 Å². The number of carboxylic acid groups (broad SMARTS) is 1. The van der Waals surface area contributed by atoms with Gasteiger partial charge in [-0.3, -0.25) is 0 Å². The quantitative estimate of drug-likeness (QED) is 0.361. The molecule has 0 radical (unpaired) electrons. The summed E-state index contributed by atoms with van der Waals surface area (Å²) in [7, 11) is 0. The third-order valence-electron chi connectivity index (χ3n) is 4.72. The van der Waals surface area contributed by atoms with Crippen LogP contribution in [0, 0.1) is 0 Å². The highest BCUT2D eigenvalue weighted by atomic mass is 19.3. The highest BCUT2D eigenvalue weighted by Crippen LogP contribution is 2.42. The van der Waals surface area contributed by atoms with Crippen LogP contribution in [0.5, 0.6) is 5.75 Å². The van der Waals surface area contributed by atoms with Gasteiger partial charge in [-0.25, -0.2) is 18.0 Å². The number of carbonyl (C=O) groups is 1. The van der Waals surface area contributed by atoms with Crippen molar-refractivity contribution in [3.8, 4) is 5.75 Å². The van der Waals surface area contributed by atoms with Crippen LogP contribution in [0.15, 0.2) is 41.8 Å². The van der Waals surface area contributed by atoms with Crippen LogP contribution in [0.2, 0.25) is 0 Å². The van der Waals surface area contributed by atoms with Crippen molar-refractivity contribution >= 4 is 11.5 Å². The molecule has 1 aromatic carbocycles. The zero-order chi connectivity index (χ0) is 24.1. The van der Waals surface area contributed by atoms with Gasteiger partial charge in [-0.2, -0.15) is 0 Å². The first-order valence-electron chi connectivity index (χ1n) is 10.1. The third-order valence-corrected chi connectivity index (χ3v) is 4.72. The lowest BCUT2D eigenvalue weighted by molar-refractivity contribution is -0.131. The van der Waals surface area contributed by atoms with E-state index in [2.05, 4.69) is 0 Å². The van der Waals surface area contributed by atoms with Crippen LogP contribution in [-0.2, 0) is 15.6 Å². The number of aliphatic carboxylic acids is 1. The van der Waals surface area contributed by atoms with E-state index >= 15 is 4.39 Å². The Morgan fingerprint density at radius 3 is 2.10 bits per heavy atom. The van der Waals surface area contributed by atoms with E-state index in [0.29, 0.717) is 16.7 Å². The first kappa shape index (κ1) is 26.5. The monoisotopic (exact) mass is 438 g/mol. The second kappa shape index (κ2) is 10.2. The van der Waals surface area contributed by atoms with E-state index in [9.17, 15) is 13.6 Å². The Hall–Kier alpha value is -2.50. The van der Waals surface area contributed by atoms with E-state index in [1.165, 1.54) is 12.2 Å². The van der Waals surface area contributed by atoms with Gasteiger partial charge in [-0.1, -0.05) is 53.7 Å². The molecule has 0 unspecified atom stereocenters. The number of benzene rings is 1. The molecule has 0 fully saturated rings. The van der Waals surface area contributed by atoms with Crippen molar-refractivity contribution in [1.82, 2.24) is 0 Å². The Bertz CT molecular complexity index is 896. The predicted molar refractivity (Wildman–Crippen MR) is 120 cm³/mol. The Morgan fingerprint density at radius 2 is 1.65 bits per heavy atom. The van der Waals surface area contributed by atoms with E-state index in [4.69, 9.17) is 9.84 Å². The molecular weight excluding hydrogens is 405 g/mol. The molecule has 31 heavy (non-hydrogen) atoms. The van der Waals surface area contributed by atoms with E-state index < -0.39 is 30.2 Å². The number of hydrogen-bond acceptors (Lipinski definition) is 2. The molecule has 172 valence electrons. The van der Waals surface area contributed by atoms with Gasteiger partial charge in [0.25, 0.3) is 6.43 Å². The Morgan fingerprint density at radius 1 is 1.06 bits per heavy atom. The number of alkyl halides is 2. The average molecular weight is 439 g/mol. The molecule has 0 spiro atoms. The molecular formula is C25H33F3O3. The van der Waals surface area contributed by atoms with Gasteiger partial charge in [0.1, 0.15) is 18.2 Å². The third kappa shape index (κ3) is 7.93. The topological polar surface area (TPSA) is 46.5 Å². The minimum Gasteiger partial charge on any atom is -0.487 e. The molecule has 0 aliphatic rings. The average Bonchev–Trinajstić information content (AvgIpc) is 2.60. The molecule has 0 aliphatic heterocycles. The minimum absolute atomic E-state index is 0.222. The fourth-order valence-electron chi connectivity index (χ4n) is 2.90. The second-order valence-electron chi connectivity index (χ2n) is 9.64. The van der Waals surface area contributed by atoms with Crippen molar-refractivity contribution in [2.24, 2.45) is 0 Å². The molecule has 1 aromatic rings. The van der Waals surface area contributed by atoms with Gasteiger partial charge < -0.3 is 9.84 Å². The molecule has 0 bridgehead atoms. The first-order valence-corrected chi connectivity index (χ1v) is 10.1. The van der Waals surface area contributed by atoms with E-state index in [1.807, 2.05) is 47.6 Å².